The molecular formula is C11H17N3. The van der Waals surface area contributed by atoms with E-state index in [1.165, 1.54) is 18.4 Å². The molecule has 2 N–H and O–H groups in total. The van der Waals surface area contributed by atoms with Gasteiger partial charge in [-0.2, -0.15) is 0 Å². The molecule has 3 heteroatoms. The lowest BCUT2D eigenvalue weighted by molar-refractivity contribution is 0.604. The predicted molar refractivity (Wildman–Crippen MR) is 56.0 cm³/mol. The minimum atomic E-state index is 0.134. The fraction of sp³-hybridized carbons (Fsp3) is 0.636. The van der Waals surface area contributed by atoms with Crippen molar-refractivity contribution in [2.75, 3.05) is 0 Å². The summed E-state index contributed by atoms with van der Waals surface area (Å²) in [5.74, 6) is 0. The molecule has 76 valence electrons. The first-order valence-electron chi connectivity index (χ1n) is 5.17. The van der Waals surface area contributed by atoms with Crippen LogP contribution in [0, 0.1) is 13.8 Å². The van der Waals surface area contributed by atoms with Gasteiger partial charge in [-0.3, -0.25) is 0 Å². The van der Waals surface area contributed by atoms with Gasteiger partial charge in [0, 0.05) is 16.9 Å². The second-order valence-corrected chi connectivity index (χ2v) is 4.39. The van der Waals surface area contributed by atoms with Gasteiger partial charge < -0.3 is 5.73 Å². The van der Waals surface area contributed by atoms with Crippen LogP contribution in [0.1, 0.15) is 36.2 Å². The number of hydrogen-bond donors (Lipinski definition) is 1. The molecule has 0 aromatic carbocycles. The molecule has 0 saturated heterocycles. The maximum atomic E-state index is 6.05. The summed E-state index contributed by atoms with van der Waals surface area (Å²) in [4.78, 5) is 8.42. The van der Waals surface area contributed by atoms with Crippen molar-refractivity contribution in [1.29, 1.82) is 0 Å². The molecule has 1 saturated carbocycles. The van der Waals surface area contributed by atoms with Crippen LogP contribution in [0.4, 0.5) is 0 Å². The second-order valence-electron chi connectivity index (χ2n) is 4.39. The molecule has 1 fully saturated rings. The molecule has 0 bridgehead atoms. The van der Waals surface area contributed by atoms with Crippen molar-refractivity contribution in [3.05, 3.63) is 23.3 Å². The predicted octanol–water partition coefficient (Wildman–Crippen LogP) is 1.52. The Bertz CT molecular complexity index is 322. The first kappa shape index (κ1) is 9.59. The van der Waals surface area contributed by atoms with Crippen molar-refractivity contribution in [3.63, 3.8) is 0 Å². The van der Waals surface area contributed by atoms with Gasteiger partial charge in [0.15, 0.2) is 0 Å². The molecule has 1 aromatic heterocycles. The van der Waals surface area contributed by atoms with Gasteiger partial charge in [0.1, 0.15) is 6.33 Å². The van der Waals surface area contributed by atoms with Crippen LogP contribution in [0.2, 0.25) is 0 Å². The van der Waals surface area contributed by atoms with Gasteiger partial charge in [0.2, 0.25) is 0 Å². The summed E-state index contributed by atoms with van der Waals surface area (Å²) in [5, 5.41) is 0. The molecule has 1 aliphatic rings. The third kappa shape index (κ3) is 1.93. The van der Waals surface area contributed by atoms with E-state index in [0.29, 0.717) is 0 Å². The van der Waals surface area contributed by atoms with Crippen LogP contribution < -0.4 is 5.73 Å². The Morgan fingerprint density at radius 1 is 1.29 bits per heavy atom. The molecule has 0 unspecified atom stereocenters. The highest BCUT2D eigenvalue weighted by Crippen LogP contribution is 2.36. The van der Waals surface area contributed by atoms with Crippen molar-refractivity contribution >= 4 is 0 Å². The summed E-state index contributed by atoms with van der Waals surface area (Å²) in [6.07, 6.45) is 6.08. The lowest BCUT2D eigenvalue weighted by atomic mass is 10.0. The third-order valence-electron chi connectivity index (χ3n) is 3.14. The first-order valence-corrected chi connectivity index (χ1v) is 5.17. The molecule has 0 radical (unpaired) electrons. The third-order valence-corrected chi connectivity index (χ3v) is 3.14. The molecule has 0 aliphatic heterocycles. The Morgan fingerprint density at radius 2 is 1.86 bits per heavy atom. The lowest BCUT2D eigenvalue weighted by Crippen LogP contribution is -2.22. The summed E-state index contributed by atoms with van der Waals surface area (Å²) in [7, 11) is 0. The second kappa shape index (κ2) is 3.31. The summed E-state index contributed by atoms with van der Waals surface area (Å²) in [6, 6.07) is 0. The fourth-order valence-electron chi connectivity index (χ4n) is 1.77. The minimum absolute atomic E-state index is 0.134. The van der Waals surface area contributed by atoms with Crippen LogP contribution in [0.15, 0.2) is 6.33 Å². The number of nitrogens with two attached hydrogens (primary N) is 1. The van der Waals surface area contributed by atoms with Crippen LogP contribution in [-0.4, -0.2) is 15.5 Å². The highest BCUT2D eigenvalue weighted by atomic mass is 14.8. The molecule has 3 nitrogen and oxygen atoms in total. The number of rotatable bonds is 3. The Morgan fingerprint density at radius 3 is 2.36 bits per heavy atom. The van der Waals surface area contributed by atoms with Crippen LogP contribution in [-0.2, 0) is 6.42 Å². The minimum Gasteiger partial charge on any atom is -0.325 e. The van der Waals surface area contributed by atoms with E-state index in [9.17, 15) is 0 Å². The van der Waals surface area contributed by atoms with Crippen LogP contribution in [0.5, 0.6) is 0 Å². The molecule has 2 rings (SSSR count). The standard InChI is InChI=1S/C11H17N3/c1-8-10(9(2)14-7-13-8)3-4-11(12)5-6-11/h7H,3-6,12H2,1-2H3. The molecular weight excluding hydrogens is 174 g/mol. The van der Waals surface area contributed by atoms with Gasteiger partial charge in [0.25, 0.3) is 0 Å². The maximum Gasteiger partial charge on any atom is 0.115 e. The summed E-state index contributed by atoms with van der Waals surface area (Å²) >= 11 is 0. The van der Waals surface area contributed by atoms with Gasteiger partial charge in [-0.15, -0.1) is 0 Å². The quantitative estimate of drug-likeness (QED) is 0.788. The zero-order chi connectivity index (χ0) is 10.2. The zero-order valence-corrected chi connectivity index (χ0v) is 8.88. The Hall–Kier alpha value is -0.960. The van der Waals surface area contributed by atoms with E-state index < -0.39 is 0 Å². The molecule has 1 aliphatic carbocycles. The van der Waals surface area contributed by atoms with Gasteiger partial charge in [-0.05, 0) is 45.1 Å². The SMILES string of the molecule is Cc1ncnc(C)c1CCC1(N)CC1. The number of nitrogens with zero attached hydrogens (tertiary/aromatic N) is 2. The number of hydrogen-bond acceptors (Lipinski definition) is 3. The summed E-state index contributed by atoms with van der Waals surface area (Å²) < 4.78 is 0. The highest BCUT2D eigenvalue weighted by molar-refractivity contribution is 5.23. The molecule has 0 spiro atoms. The van der Waals surface area contributed by atoms with E-state index in [2.05, 4.69) is 9.97 Å². The Kier molecular flexibility index (Phi) is 2.27. The van der Waals surface area contributed by atoms with Gasteiger partial charge in [-0.1, -0.05) is 0 Å². The zero-order valence-electron chi connectivity index (χ0n) is 8.88. The first-order chi connectivity index (χ1) is 6.61. The molecule has 1 heterocycles. The van der Waals surface area contributed by atoms with Crippen molar-refractivity contribution in [2.45, 2.75) is 45.1 Å². The maximum absolute atomic E-state index is 6.05. The van der Waals surface area contributed by atoms with Gasteiger partial charge in [-0.25, -0.2) is 9.97 Å². The van der Waals surface area contributed by atoms with E-state index in [-0.39, 0.29) is 5.54 Å². The topological polar surface area (TPSA) is 51.8 Å². The van der Waals surface area contributed by atoms with Gasteiger partial charge >= 0.3 is 0 Å². The highest BCUT2D eigenvalue weighted by Gasteiger charge is 2.37. The van der Waals surface area contributed by atoms with Crippen LogP contribution in [0.25, 0.3) is 0 Å². The molecule has 0 atom stereocenters. The van der Waals surface area contributed by atoms with E-state index in [4.69, 9.17) is 5.73 Å². The van der Waals surface area contributed by atoms with Crippen LogP contribution in [0.3, 0.4) is 0 Å². The molecule has 14 heavy (non-hydrogen) atoms. The summed E-state index contributed by atoms with van der Waals surface area (Å²) in [6.45, 7) is 4.08. The Balaban J connectivity index is 2.08. The summed E-state index contributed by atoms with van der Waals surface area (Å²) in [5.41, 5.74) is 9.67. The van der Waals surface area contributed by atoms with E-state index in [1.807, 2.05) is 13.8 Å². The number of aryl methyl sites for hydroxylation is 2. The smallest absolute Gasteiger partial charge is 0.115 e. The average Bonchev–Trinajstić information content (AvgIpc) is 2.83. The number of aromatic nitrogens is 2. The van der Waals surface area contributed by atoms with Crippen molar-refractivity contribution < 1.29 is 0 Å². The normalized spacial score (nSPS) is 18.2. The van der Waals surface area contributed by atoms with Crippen molar-refractivity contribution in [1.82, 2.24) is 9.97 Å². The average molecular weight is 191 g/mol. The van der Waals surface area contributed by atoms with Crippen molar-refractivity contribution in [3.8, 4) is 0 Å². The molecule has 1 aromatic rings. The largest absolute Gasteiger partial charge is 0.325 e. The van der Waals surface area contributed by atoms with E-state index >= 15 is 0 Å². The van der Waals surface area contributed by atoms with E-state index in [1.54, 1.807) is 6.33 Å². The lowest BCUT2D eigenvalue weighted by Gasteiger charge is -2.11. The van der Waals surface area contributed by atoms with Crippen molar-refractivity contribution in [2.24, 2.45) is 5.73 Å². The fourth-order valence-corrected chi connectivity index (χ4v) is 1.77. The van der Waals surface area contributed by atoms with E-state index in [0.717, 1.165) is 24.2 Å². The van der Waals surface area contributed by atoms with Crippen LogP contribution >= 0.6 is 0 Å². The molecule has 0 amide bonds. The monoisotopic (exact) mass is 191 g/mol. The van der Waals surface area contributed by atoms with Gasteiger partial charge in [0.05, 0.1) is 0 Å². The Labute approximate surface area is 84.8 Å².